The SMILES string of the molecule is [C-]#[N+]c1ccccc1/C=C/C(=O)c1cccc(OC)c1. The van der Waals surface area contributed by atoms with Crippen molar-refractivity contribution in [2.75, 3.05) is 7.11 Å². The van der Waals surface area contributed by atoms with E-state index < -0.39 is 0 Å². The largest absolute Gasteiger partial charge is 0.497 e. The molecule has 0 fully saturated rings. The number of rotatable bonds is 4. The smallest absolute Gasteiger partial charge is 0.194 e. The second kappa shape index (κ2) is 6.35. The molecule has 0 N–H and O–H groups in total. The molecule has 0 aliphatic rings. The molecule has 2 aromatic rings. The van der Waals surface area contributed by atoms with Crippen LogP contribution in [0.3, 0.4) is 0 Å². The average molecular weight is 263 g/mol. The number of carbonyl (C=O) groups excluding carboxylic acids is 1. The summed E-state index contributed by atoms with van der Waals surface area (Å²) in [6.45, 7) is 7.08. The first-order chi connectivity index (χ1) is 9.74. The number of para-hydroxylation sites is 1. The van der Waals surface area contributed by atoms with Crippen LogP contribution in [-0.2, 0) is 0 Å². The van der Waals surface area contributed by atoms with Gasteiger partial charge in [0.05, 0.1) is 13.7 Å². The predicted octanol–water partition coefficient (Wildman–Crippen LogP) is 4.14. The molecule has 3 heteroatoms. The summed E-state index contributed by atoms with van der Waals surface area (Å²) in [6, 6.07) is 14.1. The number of hydrogen-bond acceptors (Lipinski definition) is 2. The third-order valence-electron chi connectivity index (χ3n) is 2.83. The van der Waals surface area contributed by atoms with Crippen LogP contribution >= 0.6 is 0 Å². The van der Waals surface area contributed by atoms with Gasteiger partial charge in [0.15, 0.2) is 11.5 Å². The van der Waals surface area contributed by atoms with Crippen molar-refractivity contribution in [3.8, 4) is 5.75 Å². The number of methoxy groups -OCH3 is 1. The Morgan fingerprint density at radius 3 is 2.75 bits per heavy atom. The molecule has 0 bridgehead atoms. The van der Waals surface area contributed by atoms with Gasteiger partial charge < -0.3 is 4.74 Å². The standard InChI is InChI=1S/C17H13NO2/c1-18-16-9-4-3-6-13(16)10-11-17(19)14-7-5-8-15(12-14)20-2/h3-12H,2H3/b11-10+. The van der Waals surface area contributed by atoms with E-state index in [2.05, 4.69) is 4.85 Å². The van der Waals surface area contributed by atoms with E-state index in [0.29, 0.717) is 17.0 Å². The Kier molecular flexibility index (Phi) is 4.31. The van der Waals surface area contributed by atoms with Crippen LogP contribution in [0.1, 0.15) is 15.9 Å². The minimum Gasteiger partial charge on any atom is -0.497 e. The van der Waals surface area contributed by atoms with Gasteiger partial charge >= 0.3 is 0 Å². The highest BCUT2D eigenvalue weighted by atomic mass is 16.5. The highest BCUT2D eigenvalue weighted by molar-refractivity contribution is 6.07. The molecule has 0 amide bonds. The number of hydrogen-bond donors (Lipinski definition) is 0. The third kappa shape index (κ3) is 3.12. The maximum Gasteiger partial charge on any atom is 0.194 e. The van der Waals surface area contributed by atoms with Crippen molar-refractivity contribution in [1.82, 2.24) is 0 Å². The van der Waals surface area contributed by atoms with Crippen molar-refractivity contribution in [3.05, 3.63) is 77.2 Å². The van der Waals surface area contributed by atoms with Gasteiger partial charge in [-0.3, -0.25) is 4.79 Å². The molecular formula is C17H13NO2. The molecule has 0 heterocycles. The summed E-state index contributed by atoms with van der Waals surface area (Å²) in [6.07, 6.45) is 3.13. The van der Waals surface area contributed by atoms with E-state index in [1.807, 2.05) is 12.1 Å². The molecule has 0 saturated carbocycles. The van der Waals surface area contributed by atoms with Crippen LogP contribution in [0.2, 0.25) is 0 Å². The normalized spacial score (nSPS) is 10.2. The van der Waals surface area contributed by atoms with Crippen LogP contribution < -0.4 is 4.74 Å². The predicted molar refractivity (Wildman–Crippen MR) is 79.1 cm³/mol. The van der Waals surface area contributed by atoms with Crippen molar-refractivity contribution in [2.45, 2.75) is 0 Å². The second-order valence-electron chi connectivity index (χ2n) is 4.10. The lowest BCUT2D eigenvalue weighted by molar-refractivity contribution is 0.104. The number of carbonyl (C=O) groups is 1. The Morgan fingerprint density at radius 1 is 1.20 bits per heavy atom. The van der Waals surface area contributed by atoms with Gasteiger partial charge in [0, 0.05) is 5.56 Å². The maximum atomic E-state index is 12.1. The zero-order valence-electron chi connectivity index (χ0n) is 11.0. The number of ketones is 1. The molecule has 0 aromatic heterocycles. The Hall–Kier alpha value is -2.86. The van der Waals surface area contributed by atoms with Crippen molar-refractivity contribution in [2.24, 2.45) is 0 Å². The van der Waals surface area contributed by atoms with Crippen molar-refractivity contribution in [1.29, 1.82) is 0 Å². The Bertz CT molecular complexity index is 696. The minimum absolute atomic E-state index is 0.122. The monoisotopic (exact) mass is 263 g/mol. The first-order valence-electron chi connectivity index (χ1n) is 6.07. The summed E-state index contributed by atoms with van der Waals surface area (Å²) in [5.74, 6) is 0.523. The van der Waals surface area contributed by atoms with Gasteiger partial charge in [-0.05, 0) is 23.8 Å². The van der Waals surface area contributed by atoms with Crippen molar-refractivity contribution in [3.63, 3.8) is 0 Å². The second-order valence-corrected chi connectivity index (χ2v) is 4.10. The molecule has 0 saturated heterocycles. The number of allylic oxidation sites excluding steroid dienone is 1. The summed E-state index contributed by atoms with van der Waals surface area (Å²) < 4.78 is 5.09. The van der Waals surface area contributed by atoms with Gasteiger partial charge in [0.2, 0.25) is 0 Å². The molecule has 0 unspecified atom stereocenters. The zero-order chi connectivity index (χ0) is 14.4. The van der Waals surface area contributed by atoms with Crippen LogP contribution in [0.15, 0.2) is 54.6 Å². The topological polar surface area (TPSA) is 30.7 Å². The maximum absolute atomic E-state index is 12.1. The summed E-state index contributed by atoms with van der Waals surface area (Å²) in [5.41, 5.74) is 1.82. The molecule has 2 rings (SSSR count). The van der Waals surface area contributed by atoms with Gasteiger partial charge in [0.1, 0.15) is 5.75 Å². The highest BCUT2D eigenvalue weighted by Gasteiger charge is 2.03. The lowest BCUT2D eigenvalue weighted by Gasteiger charge is -2.01. The number of ether oxygens (including phenoxy) is 1. The van der Waals surface area contributed by atoms with E-state index in [1.165, 1.54) is 6.08 Å². The van der Waals surface area contributed by atoms with Gasteiger partial charge in [-0.2, -0.15) is 0 Å². The molecule has 0 aliphatic carbocycles. The fourth-order valence-corrected chi connectivity index (χ4v) is 1.77. The number of benzene rings is 2. The van der Waals surface area contributed by atoms with Gasteiger partial charge in [-0.25, -0.2) is 4.85 Å². The van der Waals surface area contributed by atoms with Crippen molar-refractivity contribution < 1.29 is 9.53 Å². The van der Waals surface area contributed by atoms with E-state index in [1.54, 1.807) is 49.6 Å². The Labute approximate surface area is 118 Å². The fourth-order valence-electron chi connectivity index (χ4n) is 1.77. The lowest BCUT2D eigenvalue weighted by atomic mass is 10.1. The van der Waals surface area contributed by atoms with Gasteiger partial charge in [0.25, 0.3) is 0 Å². The summed E-state index contributed by atoms with van der Waals surface area (Å²) in [7, 11) is 1.56. The Balaban J connectivity index is 2.23. The Morgan fingerprint density at radius 2 is 2.00 bits per heavy atom. The quantitative estimate of drug-likeness (QED) is 0.471. The average Bonchev–Trinajstić information content (AvgIpc) is 2.52. The number of nitrogens with zero attached hydrogens (tertiary/aromatic N) is 1. The van der Waals surface area contributed by atoms with E-state index in [0.717, 1.165) is 5.56 Å². The third-order valence-corrected chi connectivity index (χ3v) is 2.83. The highest BCUT2D eigenvalue weighted by Crippen LogP contribution is 2.20. The molecule has 0 spiro atoms. The van der Waals surface area contributed by atoms with Crippen LogP contribution in [0.4, 0.5) is 5.69 Å². The summed E-state index contributed by atoms with van der Waals surface area (Å²) in [5, 5.41) is 0. The minimum atomic E-state index is -0.122. The van der Waals surface area contributed by atoms with E-state index in [9.17, 15) is 4.79 Å². The van der Waals surface area contributed by atoms with E-state index in [-0.39, 0.29) is 5.78 Å². The van der Waals surface area contributed by atoms with Gasteiger partial charge in [-0.1, -0.05) is 42.5 Å². The van der Waals surface area contributed by atoms with Gasteiger partial charge in [-0.15, -0.1) is 0 Å². The van der Waals surface area contributed by atoms with Crippen LogP contribution in [-0.4, -0.2) is 12.9 Å². The first kappa shape index (κ1) is 13.6. The molecule has 0 radical (unpaired) electrons. The van der Waals surface area contributed by atoms with Crippen LogP contribution in [0.25, 0.3) is 10.9 Å². The fraction of sp³-hybridized carbons (Fsp3) is 0.0588. The summed E-state index contributed by atoms with van der Waals surface area (Å²) in [4.78, 5) is 15.5. The summed E-state index contributed by atoms with van der Waals surface area (Å²) >= 11 is 0. The molecule has 0 atom stereocenters. The molecule has 0 aliphatic heterocycles. The molecule has 20 heavy (non-hydrogen) atoms. The molecule has 98 valence electrons. The zero-order valence-corrected chi connectivity index (χ0v) is 11.0. The molecule has 3 nitrogen and oxygen atoms in total. The van der Waals surface area contributed by atoms with Crippen molar-refractivity contribution >= 4 is 17.5 Å². The van der Waals surface area contributed by atoms with E-state index >= 15 is 0 Å². The molecule has 2 aromatic carbocycles. The van der Waals surface area contributed by atoms with Crippen LogP contribution in [0.5, 0.6) is 5.75 Å². The first-order valence-corrected chi connectivity index (χ1v) is 6.07. The van der Waals surface area contributed by atoms with E-state index in [4.69, 9.17) is 11.3 Å². The molecular weight excluding hydrogens is 250 g/mol. The van der Waals surface area contributed by atoms with Crippen LogP contribution in [0, 0.1) is 6.57 Å². The lowest BCUT2D eigenvalue weighted by Crippen LogP contribution is -1.94.